The first-order valence-electron chi connectivity index (χ1n) is 7.07. The fourth-order valence-corrected chi connectivity index (χ4v) is 3.87. The zero-order chi connectivity index (χ0) is 15.5. The molecule has 0 saturated carbocycles. The Kier molecular flexibility index (Phi) is 3.87. The molecule has 7 heteroatoms. The second-order valence-corrected chi connectivity index (χ2v) is 6.94. The number of aromatic amines is 1. The first kappa shape index (κ1) is 14.1. The van der Waals surface area contributed by atoms with E-state index >= 15 is 0 Å². The van der Waals surface area contributed by atoms with E-state index in [1.54, 1.807) is 22.7 Å². The Morgan fingerprint density at radius 2 is 2.13 bits per heavy atom. The molecular weight excluding hydrogens is 326 g/mol. The average molecular weight is 339 g/mol. The van der Waals surface area contributed by atoms with Crippen LogP contribution in [0.5, 0.6) is 0 Å². The van der Waals surface area contributed by atoms with Gasteiger partial charge in [-0.05, 0) is 23.6 Å². The summed E-state index contributed by atoms with van der Waals surface area (Å²) in [7, 11) is 0. The molecular formula is C16H13N5S2. The van der Waals surface area contributed by atoms with Crippen LogP contribution in [0.1, 0.15) is 4.88 Å². The molecule has 4 aromatic rings. The molecule has 0 radical (unpaired) electrons. The van der Waals surface area contributed by atoms with Gasteiger partial charge < -0.3 is 5.32 Å². The van der Waals surface area contributed by atoms with E-state index in [4.69, 9.17) is 0 Å². The van der Waals surface area contributed by atoms with Crippen LogP contribution in [0.25, 0.3) is 21.3 Å². The second kappa shape index (κ2) is 6.31. The summed E-state index contributed by atoms with van der Waals surface area (Å²) in [6.07, 6.45) is 3.45. The standard InChI is InChI=1S/C16H13N5S2/c1-3-11(15-19-10-20-21-15)7-12(4-1)17-8-13-9-18-16(23-13)14-5-2-6-22-14/h1-7,9-10,17H,8H2,(H,19,20,21). The Bertz CT molecular complexity index is 881. The molecule has 0 amide bonds. The van der Waals surface area contributed by atoms with E-state index in [9.17, 15) is 0 Å². The molecule has 4 rings (SSSR count). The van der Waals surface area contributed by atoms with Gasteiger partial charge >= 0.3 is 0 Å². The van der Waals surface area contributed by atoms with E-state index in [1.165, 1.54) is 16.1 Å². The summed E-state index contributed by atoms with van der Waals surface area (Å²) in [5.41, 5.74) is 2.06. The highest BCUT2D eigenvalue weighted by atomic mass is 32.1. The Balaban J connectivity index is 1.46. The van der Waals surface area contributed by atoms with E-state index in [0.29, 0.717) is 0 Å². The summed E-state index contributed by atoms with van der Waals surface area (Å²) >= 11 is 3.44. The predicted molar refractivity (Wildman–Crippen MR) is 94.6 cm³/mol. The second-order valence-electron chi connectivity index (χ2n) is 4.88. The zero-order valence-corrected chi connectivity index (χ0v) is 13.7. The highest BCUT2D eigenvalue weighted by Gasteiger charge is 2.06. The van der Waals surface area contributed by atoms with Crippen LogP contribution in [-0.4, -0.2) is 20.2 Å². The lowest BCUT2D eigenvalue weighted by Crippen LogP contribution is -1.97. The van der Waals surface area contributed by atoms with E-state index in [0.717, 1.165) is 28.6 Å². The molecule has 0 saturated heterocycles. The van der Waals surface area contributed by atoms with Gasteiger partial charge in [0.1, 0.15) is 11.3 Å². The van der Waals surface area contributed by atoms with Gasteiger partial charge in [0.05, 0.1) is 11.4 Å². The van der Waals surface area contributed by atoms with Crippen molar-refractivity contribution in [1.82, 2.24) is 20.2 Å². The lowest BCUT2D eigenvalue weighted by atomic mass is 10.2. The SMILES string of the molecule is c1cc(NCc2cnc(-c3cccs3)s2)cc(-c2ncn[nH]2)c1. The number of nitrogens with zero attached hydrogens (tertiary/aromatic N) is 3. The van der Waals surface area contributed by atoms with E-state index < -0.39 is 0 Å². The zero-order valence-electron chi connectivity index (χ0n) is 12.1. The fraction of sp³-hybridized carbons (Fsp3) is 0.0625. The van der Waals surface area contributed by atoms with Gasteiger partial charge in [-0.2, -0.15) is 5.10 Å². The maximum atomic E-state index is 4.49. The minimum atomic E-state index is 0.753. The van der Waals surface area contributed by atoms with Crippen LogP contribution >= 0.6 is 22.7 Å². The molecule has 0 aliphatic heterocycles. The summed E-state index contributed by atoms with van der Waals surface area (Å²) in [5, 5.41) is 13.3. The smallest absolute Gasteiger partial charge is 0.155 e. The Morgan fingerprint density at radius 1 is 1.13 bits per heavy atom. The highest BCUT2D eigenvalue weighted by Crippen LogP contribution is 2.29. The summed E-state index contributed by atoms with van der Waals surface area (Å²) in [4.78, 5) is 11.1. The van der Waals surface area contributed by atoms with E-state index in [-0.39, 0.29) is 0 Å². The molecule has 23 heavy (non-hydrogen) atoms. The molecule has 0 spiro atoms. The lowest BCUT2D eigenvalue weighted by molar-refractivity contribution is 1.09. The molecule has 0 fully saturated rings. The first-order chi connectivity index (χ1) is 11.4. The molecule has 0 aliphatic carbocycles. The van der Waals surface area contributed by atoms with Gasteiger partial charge in [-0.1, -0.05) is 18.2 Å². The van der Waals surface area contributed by atoms with Gasteiger partial charge in [-0.3, -0.25) is 5.10 Å². The summed E-state index contributed by atoms with van der Waals surface area (Å²) in [6, 6.07) is 12.3. The van der Waals surface area contributed by atoms with Gasteiger partial charge in [-0.15, -0.1) is 22.7 Å². The summed E-state index contributed by atoms with van der Waals surface area (Å²) < 4.78 is 0. The molecule has 114 valence electrons. The Morgan fingerprint density at radius 3 is 2.96 bits per heavy atom. The molecule has 5 nitrogen and oxygen atoms in total. The number of hydrogen-bond donors (Lipinski definition) is 2. The van der Waals surface area contributed by atoms with E-state index in [1.807, 2.05) is 30.5 Å². The van der Waals surface area contributed by atoms with Crippen LogP contribution in [0.15, 0.2) is 54.3 Å². The monoisotopic (exact) mass is 339 g/mol. The van der Waals surface area contributed by atoms with Crippen molar-refractivity contribution in [1.29, 1.82) is 0 Å². The number of H-pyrrole nitrogens is 1. The van der Waals surface area contributed by atoms with Gasteiger partial charge in [0.15, 0.2) is 5.82 Å². The van der Waals surface area contributed by atoms with Gasteiger partial charge in [-0.25, -0.2) is 9.97 Å². The Hall–Kier alpha value is -2.51. The first-order valence-corrected chi connectivity index (χ1v) is 8.76. The van der Waals surface area contributed by atoms with Crippen molar-refractivity contribution >= 4 is 28.4 Å². The number of nitrogens with one attached hydrogen (secondary N) is 2. The summed E-state index contributed by atoms with van der Waals surface area (Å²) in [5.74, 6) is 0.770. The number of thiazole rings is 1. The number of thiophene rings is 1. The minimum Gasteiger partial charge on any atom is -0.380 e. The van der Waals surface area contributed by atoms with Crippen molar-refractivity contribution in [3.8, 4) is 21.3 Å². The van der Waals surface area contributed by atoms with Crippen molar-refractivity contribution in [3.63, 3.8) is 0 Å². The van der Waals surface area contributed by atoms with Crippen molar-refractivity contribution < 1.29 is 0 Å². The van der Waals surface area contributed by atoms with Crippen LogP contribution in [0, 0.1) is 0 Å². The van der Waals surface area contributed by atoms with Crippen molar-refractivity contribution in [2.75, 3.05) is 5.32 Å². The largest absolute Gasteiger partial charge is 0.380 e. The minimum absolute atomic E-state index is 0.753. The van der Waals surface area contributed by atoms with E-state index in [2.05, 4.69) is 43.0 Å². The third-order valence-corrected chi connectivity index (χ3v) is 5.34. The van der Waals surface area contributed by atoms with Crippen LogP contribution in [0.2, 0.25) is 0 Å². The number of benzene rings is 1. The normalized spacial score (nSPS) is 10.8. The topological polar surface area (TPSA) is 66.5 Å². The molecule has 3 aromatic heterocycles. The van der Waals surface area contributed by atoms with Crippen molar-refractivity contribution in [2.24, 2.45) is 0 Å². The third-order valence-electron chi connectivity index (χ3n) is 3.30. The quantitative estimate of drug-likeness (QED) is 0.570. The molecule has 0 atom stereocenters. The number of hydrogen-bond acceptors (Lipinski definition) is 6. The third kappa shape index (κ3) is 3.15. The number of rotatable bonds is 5. The average Bonchev–Trinajstić information content (AvgIpc) is 3.35. The molecule has 0 unspecified atom stereocenters. The summed E-state index contributed by atoms with van der Waals surface area (Å²) in [6.45, 7) is 0.753. The maximum Gasteiger partial charge on any atom is 0.155 e. The maximum absolute atomic E-state index is 4.49. The van der Waals surface area contributed by atoms with Gasteiger partial charge in [0, 0.05) is 22.3 Å². The van der Waals surface area contributed by atoms with Gasteiger partial charge in [0.2, 0.25) is 0 Å². The molecule has 0 aliphatic rings. The Labute approximate surface area is 141 Å². The van der Waals surface area contributed by atoms with Crippen LogP contribution in [0.3, 0.4) is 0 Å². The van der Waals surface area contributed by atoms with Crippen LogP contribution < -0.4 is 5.32 Å². The van der Waals surface area contributed by atoms with Crippen LogP contribution in [-0.2, 0) is 6.54 Å². The predicted octanol–water partition coefficient (Wildman–Crippen LogP) is 4.27. The van der Waals surface area contributed by atoms with Gasteiger partial charge in [0.25, 0.3) is 0 Å². The van der Waals surface area contributed by atoms with Crippen molar-refractivity contribution in [2.45, 2.75) is 6.54 Å². The number of anilines is 1. The highest BCUT2D eigenvalue weighted by molar-refractivity contribution is 7.20. The van der Waals surface area contributed by atoms with Crippen LogP contribution in [0.4, 0.5) is 5.69 Å². The lowest BCUT2D eigenvalue weighted by Gasteiger charge is -2.05. The molecule has 2 N–H and O–H groups in total. The number of aromatic nitrogens is 4. The molecule has 0 bridgehead atoms. The molecule has 1 aromatic carbocycles. The fourth-order valence-electron chi connectivity index (χ4n) is 2.21. The van der Waals surface area contributed by atoms with Crippen molar-refractivity contribution in [3.05, 3.63) is 59.2 Å². The molecule has 3 heterocycles.